The lowest BCUT2D eigenvalue weighted by Gasteiger charge is -2.39. The Kier molecular flexibility index (Phi) is 4.29. The molecule has 30 heavy (non-hydrogen) atoms. The van der Waals surface area contributed by atoms with Crippen molar-refractivity contribution in [2.75, 3.05) is 11.9 Å². The smallest absolute Gasteiger partial charge is 0.182 e. The van der Waals surface area contributed by atoms with Gasteiger partial charge < -0.3 is 10.0 Å². The fourth-order valence-electron chi connectivity index (χ4n) is 5.00. The van der Waals surface area contributed by atoms with Gasteiger partial charge in [0.05, 0.1) is 11.0 Å². The van der Waals surface area contributed by atoms with Crippen LogP contribution in [-0.2, 0) is 5.41 Å². The van der Waals surface area contributed by atoms with Crippen LogP contribution >= 0.6 is 11.6 Å². The fourth-order valence-corrected chi connectivity index (χ4v) is 5.17. The Labute approximate surface area is 182 Å². The summed E-state index contributed by atoms with van der Waals surface area (Å²) in [6, 6.07) is 26.0. The lowest BCUT2D eigenvalue weighted by molar-refractivity contribution is 0.0309. The van der Waals surface area contributed by atoms with Crippen molar-refractivity contribution >= 4 is 22.9 Å². The fraction of sp³-hybridized carbons (Fsp3) is 0.185. The number of fused-ring (bicyclic) bond motifs is 3. The molecule has 0 aromatic heterocycles. The molecule has 2 atom stereocenters. The number of aliphatic hydroxyl groups is 1. The van der Waals surface area contributed by atoms with E-state index in [4.69, 9.17) is 11.6 Å². The first kappa shape index (κ1) is 19.0. The third kappa shape index (κ3) is 2.56. The Morgan fingerprint density at radius 2 is 1.60 bits per heavy atom. The summed E-state index contributed by atoms with van der Waals surface area (Å²) in [5.41, 5.74) is 4.17. The van der Waals surface area contributed by atoms with Crippen LogP contribution in [0.5, 0.6) is 0 Å². The van der Waals surface area contributed by atoms with Crippen LogP contribution in [0.2, 0.25) is 5.02 Å². The van der Waals surface area contributed by atoms with Gasteiger partial charge in [-0.3, -0.25) is 0 Å². The minimum Gasteiger partial charge on any atom is -0.365 e. The van der Waals surface area contributed by atoms with Crippen LogP contribution < -0.4 is 4.90 Å². The number of benzene rings is 3. The molecule has 3 heteroatoms. The minimum atomic E-state index is -1.24. The third-order valence-corrected chi connectivity index (χ3v) is 6.81. The van der Waals surface area contributed by atoms with Crippen LogP contribution in [0.1, 0.15) is 30.0 Å². The average Bonchev–Trinajstić information content (AvgIpc) is 3.10. The van der Waals surface area contributed by atoms with E-state index in [2.05, 4.69) is 30.9 Å². The maximum absolute atomic E-state index is 12.3. The van der Waals surface area contributed by atoms with E-state index in [1.54, 1.807) is 0 Å². The van der Waals surface area contributed by atoms with Gasteiger partial charge in [0.25, 0.3) is 0 Å². The molecule has 0 spiro atoms. The number of rotatable bonds is 1. The highest BCUT2D eigenvalue weighted by Crippen LogP contribution is 2.62. The first-order valence-corrected chi connectivity index (χ1v) is 10.5. The molecule has 2 nitrogen and oxygen atoms in total. The molecule has 3 aromatic rings. The monoisotopic (exact) mass is 411 g/mol. The molecule has 1 aliphatic heterocycles. The zero-order chi connectivity index (χ0) is 20.9. The lowest BCUT2D eigenvalue weighted by Crippen LogP contribution is -2.54. The third-order valence-electron chi connectivity index (χ3n) is 6.58. The molecule has 0 fully saturated rings. The number of hydrogen-bond acceptors (Lipinski definition) is 2. The number of anilines is 1. The molecule has 2 aliphatic rings. The van der Waals surface area contributed by atoms with Gasteiger partial charge in [-0.1, -0.05) is 85.0 Å². The molecule has 0 radical (unpaired) electrons. The molecular weight excluding hydrogens is 390 g/mol. The van der Waals surface area contributed by atoms with E-state index in [1.807, 2.05) is 78.7 Å². The van der Waals surface area contributed by atoms with Gasteiger partial charge in [-0.05, 0) is 47.4 Å². The molecule has 1 N–H and O–H groups in total. The van der Waals surface area contributed by atoms with E-state index in [-0.39, 0.29) is 0 Å². The number of hydrogen-bond donors (Lipinski definition) is 1. The van der Waals surface area contributed by atoms with Crippen LogP contribution in [0, 0.1) is 11.8 Å². The SMILES string of the molecule is CN1c2cc(Cl)ccc2C2(C)CC(c3ccccc3)=C(C#Cc3ccccc3)C12O. The summed E-state index contributed by atoms with van der Waals surface area (Å²) in [6.07, 6.45) is 0.700. The van der Waals surface area contributed by atoms with Crippen LogP contribution in [0.15, 0.2) is 84.4 Å². The van der Waals surface area contributed by atoms with Crippen LogP contribution in [0.25, 0.3) is 5.57 Å². The zero-order valence-corrected chi connectivity index (χ0v) is 17.7. The van der Waals surface area contributed by atoms with Crippen molar-refractivity contribution < 1.29 is 5.11 Å². The molecule has 148 valence electrons. The second-order valence-electron chi connectivity index (χ2n) is 8.24. The summed E-state index contributed by atoms with van der Waals surface area (Å²) >= 11 is 6.29. The van der Waals surface area contributed by atoms with Crippen LogP contribution in [0.3, 0.4) is 0 Å². The largest absolute Gasteiger partial charge is 0.365 e. The number of likely N-dealkylation sites (N-methyl/N-ethyl adjacent to an activating group) is 1. The first-order chi connectivity index (χ1) is 14.4. The van der Waals surface area contributed by atoms with Gasteiger partial charge in [0.1, 0.15) is 0 Å². The molecule has 3 aromatic carbocycles. The van der Waals surface area contributed by atoms with Crippen molar-refractivity contribution in [2.45, 2.75) is 24.5 Å². The molecule has 2 unspecified atom stereocenters. The number of allylic oxidation sites excluding steroid dienone is 1. The van der Waals surface area contributed by atoms with E-state index < -0.39 is 11.1 Å². The predicted molar refractivity (Wildman–Crippen MR) is 123 cm³/mol. The van der Waals surface area contributed by atoms with Crippen molar-refractivity contribution in [3.8, 4) is 11.8 Å². The summed E-state index contributed by atoms with van der Waals surface area (Å²) < 4.78 is 0. The zero-order valence-electron chi connectivity index (χ0n) is 17.0. The van der Waals surface area contributed by atoms with Gasteiger partial charge in [0.15, 0.2) is 5.72 Å². The molecule has 0 saturated carbocycles. The molecule has 0 bridgehead atoms. The van der Waals surface area contributed by atoms with E-state index in [0.29, 0.717) is 11.4 Å². The predicted octanol–water partition coefficient (Wildman–Crippen LogP) is 5.65. The maximum atomic E-state index is 12.3. The Hall–Kier alpha value is -2.99. The first-order valence-electron chi connectivity index (χ1n) is 10.1. The Bertz CT molecular complexity index is 1220. The number of halogens is 1. The maximum Gasteiger partial charge on any atom is 0.182 e. The van der Waals surface area contributed by atoms with Gasteiger partial charge >= 0.3 is 0 Å². The summed E-state index contributed by atoms with van der Waals surface area (Å²) in [4.78, 5) is 1.94. The summed E-state index contributed by atoms with van der Waals surface area (Å²) in [7, 11) is 1.93. The number of nitrogens with zero attached hydrogens (tertiary/aromatic N) is 1. The summed E-state index contributed by atoms with van der Waals surface area (Å²) in [5, 5.41) is 12.9. The highest BCUT2D eigenvalue weighted by Gasteiger charge is 2.64. The van der Waals surface area contributed by atoms with Gasteiger partial charge in [-0.15, -0.1) is 0 Å². The van der Waals surface area contributed by atoms with Crippen molar-refractivity contribution in [1.82, 2.24) is 0 Å². The standard InChI is InChI=1S/C27H22ClNO/c1-26-18-22(20-11-7-4-8-12-20)23(15-13-19-9-5-3-6-10-19)27(26,30)29(2)25-17-21(28)14-16-24(25)26/h3-12,14,16-17,30H,18H2,1-2H3. The van der Waals surface area contributed by atoms with E-state index in [1.165, 1.54) is 0 Å². The topological polar surface area (TPSA) is 23.5 Å². The van der Waals surface area contributed by atoms with Gasteiger partial charge in [-0.25, -0.2) is 0 Å². The van der Waals surface area contributed by atoms with E-state index >= 15 is 0 Å². The Morgan fingerprint density at radius 3 is 2.30 bits per heavy atom. The highest BCUT2D eigenvalue weighted by atomic mass is 35.5. The molecule has 1 heterocycles. The summed E-state index contributed by atoms with van der Waals surface area (Å²) in [6.45, 7) is 2.13. The van der Waals surface area contributed by atoms with Crippen molar-refractivity contribution in [3.05, 3.63) is 106 Å². The quantitative estimate of drug-likeness (QED) is 0.523. The summed E-state index contributed by atoms with van der Waals surface area (Å²) in [5.74, 6) is 6.65. The average molecular weight is 412 g/mol. The second-order valence-corrected chi connectivity index (χ2v) is 8.67. The van der Waals surface area contributed by atoms with E-state index in [0.717, 1.165) is 33.5 Å². The highest BCUT2D eigenvalue weighted by molar-refractivity contribution is 6.31. The van der Waals surface area contributed by atoms with Gasteiger partial charge in [0.2, 0.25) is 0 Å². The molecule has 1 aliphatic carbocycles. The molecule has 0 amide bonds. The van der Waals surface area contributed by atoms with Crippen molar-refractivity contribution in [1.29, 1.82) is 0 Å². The van der Waals surface area contributed by atoms with Crippen molar-refractivity contribution in [2.24, 2.45) is 0 Å². The van der Waals surface area contributed by atoms with Crippen molar-refractivity contribution in [3.63, 3.8) is 0 Å². The molecule has 0 saturated heterocycles. The second kappa shape index (κ2) is 6.77. The molecular formula is C27H22ClNO. The van der Waals surface area contributed by atoms with Gasteiger partial charge in [0, 0.05) is 23.3 Å². The van der Waals surface area contributed by atoms with Gasteiger partial charge in [-0.2, -0.15) is 0 Å². The molecule has 5 rings (SSSR count). The van der Waals surface area contributed by atoms with Crippen LogP contribution in [0.4, 0.5) is 5.69 Å². The van der Waals surface area contributed by atoms with Crippen LogP contribution in [-0.4, -0.2) is 17.9 Å². The Morgan fingerprint density at radius 1 is 0.933 bits per heavy atom. The normalized spacial score (nSPS) is 24.3. The Balaban J connectivity index is 1.74. The van der Waals surface area contributed by atoms with E-state index in [9.17, 15) is 5.11 Å². The minimum absolute atomic E-state index is 0.520. The lowest BCUT2D eigenvalue weighted by atomic mass is 9.75.